The lowest BCUT2D eigenvalue weighted by Crippen LogP contribution is -2.25. The van der Waals surface area contributed by atoms with Crippen molar-refractivity contribution in [2.24, 2.45) is 5.92 Å². The summed E-state index contributed by atoms with van der Waals surface area (Å²) in [6.07, 6.45) is 0. The number of pyridine rings is 1. The third kappa shape index (κ3) is 4.31. The van der Waals surface area contributed by atoms with Crippen LogP contribution in [-0.4, -0.2) is 29.1 Å². The van der Waals surface area contributed by atoms with Crippen molar-refractivity contribution in [3.05, 3.63) is 65.2 Å². The van der Waals surface area contributed by atoms with Crippen LogP contribution in [0.15, 0.2) is 54.6 Å². The van der Waals surface area contributed by atoms with Crippen LogP contribution in [0.3, 0.4) is 0 Å². The Morgan fingerprint density at radius 3 is 2.59 bits per heavy atom. The Labute approximate surface area is 172 Å². The van der Waals surface area contributed by atoms with Crippen LogP contribution in [0.25, 0.3) is 22.2 Å². The smallest absolute Gasteiger partial charge is 0.339 e. The van der Waals surface area contributed by atoms with Gasteiger partial charge in [0.1, 0.15) is 5.92 Å². The van der Waals surface area contributed by atoms with Gasteiger partial charge in [0.2, 0.25) is 0 Å². The summed E-state index contributed by atoms with van der Waals surface area (Å²) in [5, 5.41) is 17.5. The molecule has 1 aromatic heterocycles. The number of carbonyl (C=O) groups excluding carboxylic acids is 2. The summed E-state index contributed by atoms with van der Waals surface area (Å²) in [6, 6.07) is 17.5. The molecular formula is C22H16ClN3O3. The molecule has 1 unspecified atom stereocenters. The number of esters is 1. The first-order chi connectivity index (χ1) is 13.9. The van der Waals surface area contributed by atoms with Gasteiger partial charge in [-0.15, -0.1) is 0 Å². The number of aromatic nitrogens is 1. The van der Waals surface area contributed by atoms with Crippen LogP contribution >= 0.6 is 11.6 Å². The number of nitriles is 1. The molecule has 2 aromatic carbocycles. The van der Waals surface area contributed by atoms with Gasteiger partial charge in [-0.3, -0.25) is 4.79 Å². The zero-order valence-corrected chi connectivity index (χ0v) is 16.2. The largest absolute Gasteiger partial charge is 0.454 e. The minimum Gasteiger partial charge on any atom is -0.454 e. The number of carbonyl (C=O) groups is 2. The first-order valence-corrected chi connectivity index (χ1v) is 9.09. The zero-order valence-electron chi connectivity index (χ0n) is 15.5. The second-order valence-corrected chi connectivity index (χ2v) is 6.75. The molecule has 0 saturated heterocycles. The van der Waals surface area contributed by atoms with E-state index < -0.39 is 24.3 Å². The van der Waals surface area contributed by atoms with Crippen molar-refractivity contribution in [3.8, 4) is 17.3 Å². The maximum Gasteiger partial charge on any atom is 0.339 e. The first-order valence-electron chi connectivity index (χ1n) is 8.71. The molecule has 0 saturated carbocycles. The third-order valence-corrected chi connectivity index (χ3v) is 4.65. The molecule has 29 heavy (non-hydrogen) atoms. The highest BCUT2D eigenvalue weighted by Crippen LogP contribution is 2.30. The van der Waals surface area contributed by atoms with E-state index in [1.807, 2.05) is 6.07 Å². The highest BCUT2D eigenvalue weighted by atomic mass is 35.5. The number of hydrogen-bond acceptors (Lipinski definition) is 6. The molecule has 6 nitrogen and oxygen atoms in total. The van der Waals surface area contributed by atoms with Gasteiger partial charge in [0, 0.05) is 21.7 Å². The minimum atomic E-state index is -1.23. The predicted octanol–water partition coefficient (Wildman–Crippen LogP) is 4.46. The van der Waals surface area contributed by atoms with E-state index in [-0.39, 0.29) is 11.3 Å². The van der Waals surface area contributed by atoms with Gasteiger partial charge in [0.05, 0.1) is 22.8 Å². The Bertz CT molecular complexity index is 1170. The lowest BCUT2D eigenvalue weighted by Gasteiger charge is -2.11. The number of ketones is 1. The van der Waals surface area contributed by atoms with Crippen LogP contribution in [0.1, 0.15) is 17.3 Å². The molecule has 1 atom stereocenters. The van der Waals surface area contributed by atoms with Gasteiger partial charge in [-0.2, -0.15) is 5.26 Å². The molecule has 0 fully saturated rings. The van der Waals surface area contributed by atoms with Crippen LogP contribution in [-0.2, 0) is 9.53 Å². The summed E-state index contributed by atoms with van der Waals surface area (Å²) in [6.45, 7) is 0.769. The van der Waals surface area contributed by atoms with Gasteiger partial charge >= 0.3 is 5.97 Å². The van der Waals surface area contributed by atoms with Gasteiger partial charge in [-0.05, 0) is 25.1 Å². The van der Waals surface area contributed by atoms with Gasteiger partial charge in [0.25, 0.3) is 0 Å². The van der Waals surface area contributed by atoms with E-state index in [0.717, 1.165) is 0 Å². The molecule has 1 N–H and O–H groups in total. The summed E-state index contributed by atoms with van der Waals surface area (Å²) in [4.78, 5) is 29.4. The maximum absolute atomic E-state index is 12.7. The summed E-state index contributed by atoms with van der Waals surface area (Å²) in [5.74, 6) is -2.58. The van der Waals surface area contributed by atoms with E-state index in [9.17, 15) is 9.59 Å². The normalized spacial score (nSPS) is 11.5. The number of ether oxygens (including phenoxy) is 1. The number of nitrogens with one attached hydrogen (secondary N) is 1. The maximum atomic E-state index is 12.7. The molecule has 0 bridgehead atoms. The standard InChI is InChI=1S/C22H16ClN3O3/c1-13(25)17(11-24)21(27)12-29-22(28)16-10-20(15-7-2-4-8-18(15)23)26-19-9-5-3-6-14(16)19/h2-10,17,25H,12H2,1H3. The zero-order chi connectivity index (χ0) is 21.0. The number of halogens is 1. The molecule has 0 radical (unpaired) electrons. The number of benzene rings is 2. The minimum absolute atomic E-state index is 0.0936. The SMILES string of the molecule is CC(=N)C(C#N)C(=O)COC(=O)c1cc(-c2ccccc2Cl)nc2ccccc12. The van der Waals surface area contributed by atoms with Crippen molar-refractivity contribution >= 4 is 40.0 Å². The number of rotatable bonds is 6. The molecule has 144 valence electrons. The lowest BCUT2D eigenvalue weighted by atomic mass is 10.0. The summed E-state index contributed by atoms with van der Waals surface area (Å²) in [7, 11) is 0. The molecule has 1 heterocycles. The van der Waals surface area contributed by atoms with Crippen LogP contribution < -0.4 is 0 Å². The topological polar surface area (TPSA) is 104 Å². The Morgan fingerprint density at radius 1 is 1.21 bits per heavy atom. The molecule has 0 spiro atoms. The first kappa shape index (κ1) is 20.2. The highest BCUT2D eigenvalue weighted by molar-refractivity contribution is 6.33. The van der Waals surface area contributed by atoms with E-state index in [4.69, 9.17) is 27.0 Å². The molecule has 0 aliphatic rings. The fourth-order valence-corrected chi connectivity index (χ4v) is 3.09. The fourth-order valence-electron chi connectivity index (χ4n) is 2.86. The third-order valence-electron chi connectivity index (χ3n) is 4.32. The van der Waals surface area contributed by atoms with Gasteiger partial charge in [0.15, 0.2) is 12.4 Å². The average molecular weight is 406 g/mol. The number of nitrogens with zero attached hydrogens (tertiary/aromatic N) is 2. The molecule has 0 amide bonds. The van der Waals surface area contributed by atoms with Gasteiger partial charge < -0.3 is 10.1 Å². The van der Waals surface area contributed by atoms with Crippen molar-refractivity contribution in [1.82, 2.24) is 4.98 Å². The molecule has 3 rings (SSSR count). The van der Waals surface area contributed by atoms with E-state index in [0.29, 0.717) is 27.2 Å². The number of fused-ring (bicyclic) bond motifs is 1. The Morgan fingerprint density at radius 2 is 1.90 bits per heavy atom. The fraction of sp³-hybridized carbons (Fsp3) is 0.136. The molecule has 7 heteroatoms. The lowest BCUT2D eigenvalue weighted by molar-refractivity contribution is -0.122. The Balaban J connectivity index is 1.97. The number of hydrogen-bond donors (Lipinski definition) is 1. The second-order valence-electron chi connectivity index (χ2n) is 6.34. The predicted molar refractivity (Wildman–Crippen MR) is 110 cm³/mol. The molecule has 0 aliphatic carbocycles. The van der Waals surface area contributed by atoms with Crippen LogP contribution in [0.5, 0.6) is 0 Å². The van der Waals surface area contributed by atoms with E-state index in [1.165, 1.54) is 6.92 Å². The summed E-state index contributed by atoms with van der Waals surface area (Å²) in [5.41, 5.74) is 1.88. The Kier molecular flexibility index (Phi) is 6.01. The monoisotopic (exact) mass is 405 g/mol. The molecule has 0 aliphatic heterocycles. The van der Waals surface area contributed by atoms with Gasteiger partial charge in [-0.25, -0.2) is 9.78 Å². The number of para-hydroxylation sites is 1. The van der Waals surface area contributed by atoms with Crippen molar-refractivity contribution in [2.75, 3.05) is 6.61 Å². The number of Topliss-reactive ketones (excluding diaryl/α,β-unsaturated/α-hetero) is 1. The van der Waals surface area contributed by atoms with E-state index in [2.05, 4.69) is 4.98 Å². The van der Waals surface area contributed by atoms with Crippen molar-refractivity contribution in [1.29, 1.82) is 10.7 Å². The molecule has 3 aromatic rings. The van der Waals surface area contributed by atoms with Crippen LogP contribution in [0.4, 0.5) is 0 Å². The average Bonchev–Trinajstić information content (AvgIpc) is 2.71. The molecular weight excluding hydrogens is 390 g/mol. The van der Waals surface area contributed by atoms with E-state index in [1.54, 1.807) is 54.6 Å². The van der Waals surface area contributed by atoms with Crippen LogP contribution in [0, 0.1) is 22.7 Å². The summed E-state index contributed by atoms with van der Waals surface area (Å²) < 4.78 is 5.16. The Hall–Kier alpha value is -3.56. The second kappa shape index (κ2) is 8.63. The van der Waals surface area contributed by atoms with Crippen molar-refractivity contribution in [3.63, 3.8) is 0 Å². The van der Waals surface area contributed by atoms with Crippen LogP contribution in [0.2, 0.25) is 5.02 Å². The summed E-state index contributed by atoms with van der Waals surface area (Å²) >= 11 is 6.27. The van der Waals surface area contributed by atoms with E-state index >= 15 is 0 Å². The van der Waals surface area contributed by atoms with Crippen molar-refractivity contribution in [2.45, 2.75) is 6.92 Å². The highest BCUT2D eigenvalue weighted by Gasteiger charge is 2.23. The van der Waals surface area contributed by atoms with Crippen molar-refractivity contribution < 1.29 is 14.3 Å². The quantitative estimate of drug-likeness (QED) is 0.481. The van der Waals surface area contributed by atoms with Gasteiger partial charge in [-0.1, -0.05) is 48.0 Å².